The van der Waals surface area contributed by atoms with Crippen molar-refractivity contribution in [2.75, 3.05) is 0 Å². The highest BCUT2D eigenvalue weighted by molar-refractivity contribution is 6.16. The number of furan rings is 1. The van der Waals surface area contributed by atoms with Gasteiger partial charge >= 0.3 is 5.97 Å². The molecule has 0 saturated heterocycles. The van der Waals surface area contributed by atoms with Crippen LogP contribution in [0.5, 0.6) is 0 Å². The predicted molar refractivity (Wildman–Crippen MR) is 62.0 cm³/mol. The molecule has 0 unspecified atom stereocenters. The van der Waals surface area contributed by atoms with Crippen LogP contribution in [0.4, 0.5) is 0 Å². The van der Waals surface area contributed by atoms with E-state index in [-0.39, 0.29) is 0 Å². The van der Waals surface area contributed by atoms with Crippen LogP contribution in [0, 0.1) is 5.41 Å². The largest absolute Gasteiger partial charge is 0.481 e. The second-order valence-electron chi connectivity index (χ2n) is 4.40. The molecular formula is C13H12O4. The summed E-state index contributed by atoms with van der Waals surface area (Å²) in [6, 6.07) is 7.05. The van der Waals surface area contributed by atoms with Gasteiger partial charge in [0.2, 0.25) is 0 Å². The van der Waals surface area contributed by atoms with E-state index in [0.29, 0.717) is 16.5 Å². The number of carbonyl (C=O) groups excluding carboxylic acids is 1. The number of ketones is 1. The van der Waals surface area contributed by atoms with E-state index >= 15 is 0 Å². The van der Waals surface area contributed by atoms with Gasteiger partial charge < -0.3 is 9.52 Å². The van der Waals surface area contributed by atoms with Gasteiger partial charge in [-0.1, -0.05) is 18.2 Å². The lowest BCUT2D eigenvalue weighted by Gasteiger charge is -2.16. The fourth-order valence-electron chi connectivity index (χ4n) is 1.59. The summed E-state index contributed by atoms with van der Waals surface area (Å²) < 4.78 is 5.23. The van der Waals surface area contributed by atoms with Crippen LogP contribution in [0.1, 0.15) is 24.2 Å². The van der Waals surface area contributed by atoms with Crippen LogP contribution in [0.2, 0.25) is 0 Å². The molecule has 0 fully saturated rings. The molecule has 0 bridgehead atoms. The van der Waals surface area contributed by atoms with Crippen molar-refractivity contribution in [3.05, 3.63) is 36.1 Å². The first-order valence-electron chi connectivity index (χ1n) is 5.19. The highest BCUT2D eigenvalue weighted by Gasteiger charge is 2.37. The number of rotatable bonds is 3. The second kappa shape index (κ2) is 3.73. The smallest absolute Gasteiger partial charge is 0.317 e. The zero-order valence-corrected chi connectivity index (χ0v) is 9.56. The van der Waals surface area contributed by atoms with E-state index in [1.165, 1.54) is 20.1 Å². The number of carboxylic acids is 1. The average Bonchev–Trinajstić information content (AvgIpc) is 2.71. The topological polar surface area (TPSA) is 67.5 Å². The molecule has 2 aromatic rings. The highest BCUT2D eigenvalue weighted by Crippen LogP contribution is 2.28. The van der Waals surface area contributed by atoms with Gasteiger partial charge in [0, 0.05) is 5.39 Å². The van der Waals surface area contributed by atoms with Gasteiger partial charge in [-0.25, -0.2) is 0 Å². The van der Waals surface area contributed by atoms with Gasteiger partial charge in [0.25, 0.3) is 0 Å². The van der Waals surface area contributed by atoms with Gasteiger partial charge in [-0.3, -0.25) is 9.59 Å². The first kappa shape index (κ1) is 11.4. The molecule has 0 radical (unpaired) electrons. The van der Waals surface area contributed by atoms with Crippen molar-refractivity contribution in [1.82, 2.24) is 0 Å². The van der Waals surface area contributed by atoms with Crippen LogP contribution >= 0.6 is 0 Å². The summed E-state index contributed by atoms with van der Waals surface area (Å²) in [7, 11) is 0. The Kier molecular flexibility index (Phi) is 2.50. The maximum Gasteiger partial charge on any atom is 0.317 e. The fraction of sp³-hybridized carbons (Fsp3) is 0.231. The summed E-state index contributed by atoms with van der Waals surface area (Å²) in [5.74, 6) is -1.59. The molecule has 0 spiro atoms. The monoisotopic (exact) mass is 232 g/mol. The molecule has 2 rings (SSSR count). The zero-order valence-electron chi connectivity index (χ0n) is 9.56. The van der Waals surface area contributed by atoms with Crippen molar-refractivity contribution in [2.24, 2.45) is 5.41 Å². The lowest BCUT2D eigenvalue weighted by Crippen LogP contribution is -2.33. The number of Topliss-reactive ketones (excluding diaryl/α,β-unsaturated/α-hetero) is 1. The molecule has 1 aromatic heterocycles. The van der Waals surface area contributed by atoms with E-state index in [1.807, 2.05) is 0 Å². The SMILES string of the molecule is CC(C)(C(=O)O)C(=O)c1coc2ccccc12. The maximum absolute atomic E-state index is 12.1. The second-order valence-corrected chi connectivity index (χ2v) is 4.40. The summed E-state index contributed by atoms with van der Waals surface area (Å²) in [4.78, 5) is 23.2. The Hall–Kier alpha value is -2.10. The minimum absolute atomic E-state index is 0.313. The minimum atomic E-state index is -1.45. The lowest BCUT2D eigenvalue weighted by molar-refractivity contribution is -0.144. The molecule has 0 amide bonds. The number of carboxylic acid groups (broad SMARTS) is 1. The van der Waals surface area contributed by atoms with Crippen LogP contribution in [-0.4, -0.2) is 16.9 Å². The van der Waals surface area contributed by atoms with Gasteiger partial charge in [-0.2, -0.15) is 0 Å². The first-order valence-corrected chi connectivity index (χ1v) is 5.19. The third-order valence-corrected chi connectivity index (χ3v) is 2.83. The number of fused-ring (bicyclic) bond motifs is 1. The van der Waals surface area contributed by atoms with Crippen molar-refractivity contribution >= 4 is 22.7 Å². The zero-order chi connectivity index (χ0) is 12.6. The number of para-hydroxylation sites is 1. The number of carbonyl (C=O) groups is 2. The van der Waals surface area contributed by atoms with E-state index in [4.69, 9.17) is 9.52 Å². The van der Waals surface area contributed by atoms with Gasteiger partial charge in [0.1, 0.15) is 17.3 Å². The highest BCUT2D eigenvalue weighted by atomic mass is 16.4. The van der Waals surface area contributed by atoms with Crippen molar-refractivity contribution in [1.29, 1.82) is 0 Å². The third-order valence-electron chi connectivity index (χ3n) is 2.83. The van der Waals surface area contributed by atoms with Gasteiger partial charge in [0.05, 0.1) is 5.56 Å². The number of hydrogen-bond donors (Lipinski definition) is 1. The molecule has 4 heteroatoms. The Bertz CT molecular complexity index is 592. The summed E-state index contributed by atoms with van der Waals surface area (Å²) in [5, 5.41) is 9.68. The lowest BCUT2D eigenvalue weighted by atomic mass is 9.84. The van der Waals surface area contributed by atoms with Crippen molar-refractivity contribution < 1.29 is 19.1 Å². The molecule has 0 aliphatic carbocycles. The van der Waals surface area contributed by atoms with Crippen LogP contribution in [-0.2, 0) is 4.79 Å². The molecule has 88 valence electrons. The molecule has 17 heavy (non-hydrogen) atoms. The van der Waals surface area contributed by atoms with E-state index < -0.39 is 17.2 Å². The first-order chi connectivity index (χ1) is 7.94. The van der Waals surface area contributed by atoms with Gasteiger partial charge in [-0.15, -0.1) is 0 Å². The Morgan fingerprint density at radius 1 is 1.24 bits per heavy atom. The van der Waals surface area contributed by atoms with Crippen LogP contribution in [0.3, 0.4) is 0 Å². The summed E-state index contributed by atoms with van der Waals surface area (Å²) in [5.41, 5.74) is -0.558. The van der Waals surface area contributed by atoms with E-state index in [0.717, 1.165) is 0 Å². The average molecular weight is 232 g/mol. The summed E-state index contributed by atoms with van der Waals surface area (Å²) >= 11 is 0. The van der Waals surface area contributed by atoms with E-state index in [1.54, 1.807) is 24.3 Å². The quantitative estimate of drug-likeness (QED) is 0.652. The van der Waals surface area contributed by atoms with Crippen molar-refractivity contribution in [2.45, 2.75) is 13.8 Å². The van der Waals surface area contributed by atoms with E-state index in [9.17, 15) is 9.59 Å². The van der Waals surface area contributed by atoms with Gasteiger partial charge in [0.15, 0.2) is 5.78 Å². The number of hydrogen-bond acceptors (Lipinski definition) is 3. The molecule has 1 aromatic carbocycles. The molecular weight excluding hydrogens is 220 g/mol. The maximum atomic E-state index is 12.1. The normalized spacial score (nSPS) is 11.6. The molecule has 4 nitrogen and oxygen atoms in total. The molecule has 0 saturated carbocycles. The van der Waals surface area contributed by atoms with Crippen molar-refractivity contribution in [3.63, 3.8) is 0 Å². The standard InChI is InChI=1S/C13H12O4/c1-13(2,12(15)16)11(14)9-7-17-10-6-4-3-5-8(9)10/h3-7H,1-2H3,(H,15,16). The van der Waals surface area contributed by atoms with Gasteiger partial charge in [-0.05, 0) is 19.9 Å². The molecule has 1 N–H and O–H groups in total. The third kappa shape index (κ3) is 1.71. The molecule has 0 atom stereocenters. The van der Waals surface area contributed by atoms with Crippen LogP contribution < -0.4 is 0 Å². The Labute approximate surface area is 97.8 Å². The van der Waals surface area contributed by atoms with E-state index in [2.05, 4.69) is 0 Å². The Morgan fingerprint density at radius 2 is 1.88 bits per heavy atom. The predicted octanol–water partition coefficient (Wildman–Crippen LogP) is 2.73. The minimum Gasteiger partial charge on any atom is -0.481 e. The van der Waals surface area contributed by atoms with Crippen molar-refractivity contribution in [3.8, 4) is 0 Å². The molecule has 1 heterocycles. The van der Waals surface area contributed by atoms with Crippen LogP contribution in [0.15, 0.2) is 34.9 Å². The summed E-state index contributed by atoms with van der Waals surface area (Å²) in [6.07, 6.45) is 1.32. The Morgan fingerprint density at radius 3 is 2.53 bits per heavy atom. The number of aliphatic carboxylic acids is 1. The molecule has 0 aliphatic heterocycles. The Balaban J connectivity index is 2.55. The molecule has 0 aliphatic rings. The van der Waals surface area contributed by atoms with Crippen LogP contribution in [0.25, 0.3) is 11.0 Å². The fourth-order valence-corrected chi connectivity index (χ4v) is 1.59. The summed E-state index contributed by atoms with van der Waals surface area (Å²) in [6.45, 7) is 2.78. The number of benzene rings is 1.